The van der Waals surface area contributed by atoms with Crippen LogP contribution < -0.4 is 10.1 Å². The maximum absolute atomic E-state index is 12.9. The molecule has 6 nitrogen and oxygen atoms in total. The standard InChI is InChI=1S/C34H31N3O3/c1-21-10-8-13-27(20-21)32-31(34(40-25(5)38)37(36-32)30-15-9-12-22(2)24(30)4)26-16-18-28(19-17-26)35-33(39)29-14-7-6-11-23(29)3/h6-20H,1-5H3,(H,35,39). The lowest BCUT2D eigenvalue weighted by molar-refractivity contribution is -0.132. The third-order valence-corrected chi connectivity index (χ3v) is 7.00. The van der Waals surface area contributed by atoms with E-state index in [1.165, 1.54) is 6.92 Å². The van der Waals surface area contributed by atoms with Crippen LogP contribution in [-0.2, 0) is 4.79 Å². The van der Waals surface area contributed by atoms with E-state index in [0.717, 1.165) is 39.1 Å². The number of carbonyl (C=O) groups is 2. The number of aromatic nitrogens is 2. The molecule has 0 aliphatic rings. The van der Waals surface area contributed by atoms with Crippen molar-refractivity contribution >= 4 is 17.6 Å². The summed E-state index contributed by atoms with van der Waals surface area (Å²) in [5.41, 5.74) is 9.35. The molecular weight excluding hydrogens is 498 g/mol. The molecule has 1 heterocycles. The highest BCUT2D eigenvalue weighted by molar-refractivity contribution is 6.05. The number of nitrogens with one attached hydrogen (secondary N) is 1. The molecule has 40 heavy (non-hydrogen) atoms. The van der Waals surface area contributed by atoms with Crippen molar-refractivity contribution in [2.24, 2.45) is 0 Å². The van der Waals surface area contributed by atoms with E-state index in [2.05, 4.69) is 11.4 Å². The van der Waals surface area contributed by atoms with E-state index in [-0.39, 0.29) is 5.91 Å². The molecule has 4 aromatic carbocycles. The van der Waals surface area contributed by atoms with Crippen LogP contribution in [0.1, 0.15) is 39.5 Å². The molecule has 200 valence electrons. The van der Waals surface area contributed by atoms with Gasteiger partial charge < -0.3 is 10.1 Å². The van der Waals surface area contributed by atoms with Crippen LogP contribution >= 0.6 is 0 Å². The molecule has 1 aromatic heterocycles. The fourth-order valence-corrected chi connectivity index (χ4v) is 4.76. The normalized spacial score (nSPS) is 10.8. The number of benzene rings is 4. The number of amides is 1. The molecule has 0 aliphatic heterocycles. The highest BCUT2D eigenvalue weighted by Crippen LogP contribution is 2.42. The van der Waals surface area contributed by atoms with Gasteiger partial charge in [0.1, 0.15) is 5.69 Å². The smallest absolute Gasteiger partial charge is 0.309 e. The number of ether oxygens (including phenoxy) is 1. The predicted molar refractivity (Wildman–Crippen MR) is 159 cm³/mol. The number of esters is 1. The third-order valence-electron chi connectivity index (χ3n) is 7.00. The van der Waals surface area contributed by atoms with Gasteiger partial charge in [-0.15, -0.1) is 0 Å². The van der Waals surface area contributed by atoms with E-state index in [0.29, 0.717) is 28.4 Å². The number of rotatable bonds is 6. The minimum Gasteiger partial charge on any atom is -0.407 e. The maximum Gasteiger partial charge on any atom is 0.309 e. The minimum absolute atomic E-state index is 0.172. The average molecular weight is 530 g/mol. The first-order valence-corrected chi connectivity index (χ1v) is 13.2. The van der Waals surface area contributed by atoms with Gasteiger partial charge in [0, 0.05) is 23.7 Å². The van der Waals surface area contributed by atoms with Gasteiger partial charge in [0.25, 0.3) is 5.91 Å². The van der Waals surface area contributed by atoms with Crippen LogP contribution in [0.3, 0.4) is 0 Å². The van der Waals surface area contributed by atoms with Crippen LogP contribution in [-0.4, -0.2) is 21.7 Å². The van der Waals surface area contributed by atoms with Crippen LogP contribution in [0.2, 0.25) is 0 Å². The second-order valence-corrected chi connectivity index (χ2v) is 9.97. The number of aryl methyl sites for hydroxylation is 3. The highest BCUT2D eigenvalue weighted by Gasteiger charge is 2.25. The molecule has 0 saturated heterocycles. The molecule has 0 spiro atoms. The Balaban J connectivity index is 1.65. The Morgan fingerprint density at radius 1 is 0.775 bits per heavy atom. The molecule has 0 bridgehead atoms. The van der Waals surface area contributed by atoms with Gasteiger partial charge >= 0.3 is 5.97 Å². The molecule has 0 atom stereocenters. The summed E-state index contributed by atoms with van der Waals surface area (Å²) in [6, 6.07) is 29.0. The molecule has 0 aliphatic carbocycles. The van der Waals surface area contributed by atoms with Crippen molar-refractivity contribution in [3.8, 4) is 34.0 Å². The summed E-state index contributed by atoms with van der Waals surface area (Å²) in [7, 11) is 0. The van der Waals surface area contributed by atoms with E-state index in [1.807, 2.05) is 107 Å². The Morgan fingerprint density at radius 2 is 1.48 bits per heavy atom. The molecular formula is C34H31N3O3. The second-order valence-electron chi connectivity index (χ2n) is 9.97. The number of anilines is 1. The Hall–Kier alpha value is -4.97. The first-order chi connectivity index (χ1) is 19.2. The molecule has 0 saturated carbocycles. The maximum atomic E-state index is 12.9. The van der Waals surface area contributed by atoms with E-state index in [4.69, 9.17) is 9.84 Å². The number of nitrogens with zero attached hydrogens (tertiary/aromatic N) is 2. The molecule has 0 radical (unpaired) electrons. The van der Waals surface area contributed by atoms with Crippen LogP contribution in [0, 0.1) is 27.7 Å². The predicted octanol–water partition coefficient (Wildman–Crippen LogP) is 7.62. The van der Waals surface area contributed by atoms with Crippen molar-refractivity contribution in [3.63, 3.8) is 0 Å². The van der Waals surface area contributed by atoms with E-state index < -0.39 is 5.97 Å². The lowest BCUT2D eigenvalue weighted by Gasteiger charge is -2.13. The third kappa shape index (κ3) is 5.29. The van der Waals surface area contributed by atoms with Gasteiger partial charge in [-0.25, -0.2) is 0 Å². The largest absolute Gasteiger partial charge is 0.407 e. The molecule has 0 fully saturated rings. The topological polar surface area (TPSA) is 73.2 Å². The van der Waals surface area contributed by atoms with E-state index in [9.17, 15) is 9.59 Å². The molecule has 0 unspecified atom stereocenters. The summed E-state index contributed by atoms with van der Waals surface area (Å²) in [6.07, 6.45) is 0. The first-order valence-electron chi connectivity index (χ1n) is 13.2. The molecule has 5 aromatic rings. The quantitative estimate of drug-likeness (QED) is 0.230. The van der Waals surface area contributed by atoms with Crippen LogP contribution in [0.5, 0.6) is 5.88 Å². The van der Waals surface area contributed by atoms with Crippen molar-refractivity contribution in [1.82, 2.24) is 9.78 Å². The van der Waals surface area contributed by atoms with E-state index in [1.54, 1.807) is 10.7 Å². The second kappa shape index (κ2) is 11.0. The lowest BCUT2D eigenvalue weighted by Crippen LogP contribution is -2.13. The first kappa shape index (κ1) is 26.6. The van der Waals surface area contributed by atoms with Crippen molar-refractivity contribution in [2.75, 3.05) is 5.32 Å². The Labute approximate surface area is 234 Å². The number of hydrogen-bond donors (Lipinski definition) is 1. The highest BCUT2D eigenvalue weighted by atomic mass is 16.5. The van der Waals surface area contributed by atoms with Gasteiger partial charge in [0.2, 0.25) is 5.88 Å². The number of hydrogen-bond acceptors (Lipinski definition) is 4. The summed E-state index contributed by atoms with van der Waals surface area (Å²) >= 11 is 0. The van der Waals surface area contributed by atoms with Gasteiger partial charge in [0.05, 0.1) is 11.3 Å². The Morgan fingerprint density at radius 3 is 2.17 bits per heavy atom. The van der Waals surface area contributed by atoms with Crippen molar-refractivity contribution in [1.29, 1.82) is 0 Å². The zero-order valence-corrected chi connectivity index (χ0v) is 23.3. The summed E-state index contributed by atoms with van der Waals surface area (Å²) in [5, 5.41) is 7.99. The van der Waals surface area contributed by atoms with Crippen LogP contribution in [0.15, 0.2) is 91.0 Å². The molecule has 1 amide bonds. The summed E-state index contributed by atoms with van der Waals surface area (Å²) < 4.78 is 7.58. The Bertz CT molecular complexity index is 1730. The van der Waals surface area contributed by atoms with Crippen molar-refractivity contribution in [2.45, 2.75) is 34.6 Å². The van der Waals surface area contributed by atoms with Gasteiger partial charge in [0.15, 0.2) is 0 Å². The van der Waals surface area contributed by atoms with Crippen molar-refractivity contribution in [3.05, 3.63) is 119 Å². The lowest BCUT2D eigenvalue weighted by atomic mass is 9.99. The Kier molecular flexibility index (Phi) is 7.34. The van der Waals surface area contributed by atoms with Gasteiger partial charge in [-0.2, -0.15) is 9.78 Å². The summed E-state index contributed by atoms with van der Waals surface area (Å²) in [4.78, 5) is 25.2. The molecule has 5 rings (SSSR count). The van der Waals surface area contributed by atoms with Gasteiger partial charge in [-0.3, -0.25) is 9.59 Å². The number of carbonyl (C=O) groups excluding carboxylic acids is 2. The zero-order chi connectivity index (χ0) is 28.4. The molecule has 6 heteroatoms. The SMILES string of the molecule is CC(=O)Oc1c(-c2ccc(NC(=O)c3ccccc3C)cc2)c(-c2cccc(C)c2)nn1-c1cccc(C)c1C. The average Bonchev–Trinajstić information content (AvgIpc) is 3.29. The van der Waals surface area contributed by atoms with Gasteiger partial charge in [-0.05, 0) is 80.3 Å². The van der Waals surface area contributed by atoms with Crippen LogP contribution in [0.25, 0.3) is 28.1 Å². The zero-order valence-electron chi connectivity index (χ0n) is 23.3. The fraction of sp³-hybridized carbons (Fsp3) is 0.147. The minimum atomic E-state index is -0.439. The van der Waals surface area contributed by atoms with Crippen LogP contribution in [0.4, 0.5) is 5.69 Å². The summed E-state index contributed by atoms with van der Waals surface area (Å²) in [6.45, 7) is 9.40. The van der Waals surface area contributed by atoms with Crippen molar-refractivity contribution < 1.29 is 14.3 Å². The fourth-order valence-electron chi connectivity index (χ4n) is 4.76. The molecule has 1 N–H and O–H groups in total. The monoisotopic (exact) mass is 529 g/mol. The summed E-state index contributed by atoms with van der Waals surface area (Å²) in [5.74, 6) is -0.269. The van der Waals surface area contributed by atoms with E-state index >= 15 is 0 Å². The van der Waals surface area contributed by atoms with Gasteiger partial charge in [-0.1, -0.05) is 66.2 Å².